The molecule has 7 heteroatoms. The minimum Gasteiger partial charge on any atom is -0.341 e. The number of likely N-dealkylation sites (tertiary alicyclic amines) is 1. The fourth-order valence-electron chi connectivity index (χ4n) is 3.82. The number of benzene rings is 1. The molecule has 0 radical (unpaired) electrons. The lowest BCUT2D eigenvalue weighted by atomic mass is 9.95. The molecule has 0 saturated carbocycles. The Balaban J connectivity index is 1.41. The van der Waals surface area contributed by atoms with Gasteiger partial charge in [-0.3, -0.25) is 14.7 Å². The molecule has 1 aliphatic heterocycles. The third-order valence-corrected chi connectivity index (χ3v) is 5.36. The SMILES string of the molecule is CN(C)C(C(=O)N1CCC(c2nc(-c3ccccn3)no2)CC1)c1ccccc1. The topological polar surface area (TPSA) is 75.4 Å². The molecule has 7 nitrogen and oxygen atoms in total. The van der Waals surface area contributed by atoms with Gasteiger partial charge in [0.2, 0.25) is 17.6 Å². The van der Waals surface area contributed by atoms with Gasteiger partial charge in [-0.05, 0) is 44.6 Å². The normalized spacial score (nSPS) is 16.2. The summed E-state index contributed by atoms with van der Waals surface area (Å²) in [5.74, 6) is 1.44. The number of carbonyl (C=O) groups excluding carboxylic acids is 1. The van der Waals surface area contributed by atoms with E-state index in [-0.39, 0.29) is 17.9 Å². The van der Waals surface area contributed by atoms with Crippen molar-refractivity contribution in [1.82, 2.24) is 24.9 Å². The van der Waals surface area contributed by atoms with E-state index in [2.05, 4.69) is 15.1 Å². The molecule has 4 rings (SSSR count). The molecule has 1 amide bonds. The van der Waals surface area contributed by atoms with Crippen LogP contribution in [0.5, 0.6) is 0 Å². The average Bonchev–Trinajstić information content (AvgIpc) is 3.25. The molecule has 3 aromatic rings. The number of pyridine rings is 1. The zero-order chi connectivity index (χ0) is 20.2. The van der Waals surface area contributed by atoms with Gasteiger partial charge in [0.15, 0.2) is 0 Å². The molecule has 1 unspecified atom stereocenters. The standard InChI is InChI=1S/C22H25N5O2/c1-26(2)19(16-8-4-3-5-9-16)22(28)27-14-11-17(12-15-27)21-24-20(25-29-21)18-10-6-7-13-23-18/h3-10,13,17,19H,11-12,14-15H2,1-2H3. The predicted octanol–water partition coefficient (Wildman–Crippen LogP) is 3.14. The van der Waals surface area contributed by atoms with Crippen molar-refractivity contribution in [3.63, 3.8) is 0 Å². The molecule has 0 spiro atoms. The van der Waals surface area contributed by atoms with Crippen LogP contribution in [0.3, 0.4) is 0 Å². The zero-order valence-corrected chi connectivity index (χ0v) is 16.7. The van der Waals surface area contributed by atoms with Crippen molar-refractivity contribution in [3.05, 3.63) is 66.2 Å². The van der Waals surface area contributed by atoms with Gasteiger partial charge in [-0.15, -0.1) is 0 Å². The van der Waals surface area contributed by atoms with Crippen molar-refractivity contribution < 1.29 is 9.32 Å². The molecule has 0 bridgehead atoms. The van der Waals surface area contributed by atoms with Crippen LogP contribution in [-0.2, 0) is 4.79 Å². The number of amides is 1. The Bertz CT molecular complexity index is 934. The van der Waals surface area contributed by atoms with E-state index in [1.165, 1.54) is 0 Å². The second kappa shape index (κ2) is 8.53. The first-order valence-corrected chi connectivity index (χ1v) is 9.88. The highest BCUT2D eigenvalue weighted by molar-refractivity contribution is 5.83. The highest BCUT2D eigenvalue weighted by Gasteiger charge is 2.32. The molecular formula is C22H25N5O2. The van der Waals surface area contributed by atoms with Gasteiger partial charge in [-0.25, -0.2) is 0 Å². The Morgan fingerprint density at radius 3 is 2.48 bits per heavy atom. The van der Waals surface area contributed by atoms with E-state index >= 15 is 0 Å². The molecule has 3 heterocycles. The van der Waals surface area contributed by atoms with Gasteiger partial charge in [-0.2, -0.15) is 4.98 Å². The van der Waals surface area contributed by atoms with E-state index in [0.717, 1.165) is 18.4 Å². The van der Waals surface area contributed by atoms with Gasteiger partial charge in [0.05, 0.1) is 0 Å². The highest BCUT2D eigenvalue weighted by Crippen LogP contribution is 2.30. The number of hydrogen-bond donors (Lipinski definition) is 0. The summed E-state index contributed by atoms with van der Waals surface area (Å²) in [5.41, 5.74) is 1.72. The number of hydrogen-bond acceptors (Lipinski definition) is 6. The summed E-state index contributed by atoms with van der Waals surface area (Å²) in [6, 6.07) is 15.3. The second-order valence-corrected chi connectivity index (χ2v) is 7.55. The van der Waals surface area contributed by atoms with Crippen molar-refractivity contribution in [2.75, 3.05) is 27.2 Å². The summed E-state index contributed by atoms with van der Waals surface area (Å²) in [7, 11) is 3.89. The van der Waals surface area contributed by atoms with Gasteiger partial charge in [0, 0.05) is 25.2 Å². The van der Waals surface area contributed by atoms with Crippen molar-refractivity contribution >= 4 is 5.91 Å². The number of carbonyl (C=O) groups is 1. The van der Waals surface area contributed by atoms with E-state index < -0.39 is 0 Å². The van der Waals surface area contributed by atoms with Gasteiger partial charge < -0.3 is 9.42 Å². The van der Waals surface area contributed by atoms with Crippen LogP contribution in [-0.4, -0.2) is 58.0 Å². The lowest BCUT2D eigenvalue weighted by molar-refractivity contribution is -0.137. The van der Waals surface area contributed by atoms with Crippen LogP contribution in [0.2, 0.25) is 0 Å². The molecule has 1 aliphatic rings. The molecule has 1 aromatic carbocycles. The van der Waals surface area contributed by atoms with Crippen LogP contribution in [0.4, 0.5) is 0 Å². The van der Waals surface area contributed by atoms with E-state index in [1.807, 2.05) is 72.4 Å². The molecular weight excluding hydrogens is 366 g/mol. The van der Waals surface area contributed by atoms with Crippen LogP contribution in [0.25, 0.3) is 11.5 Å². The van der Waals surface area contributed by atoms with E-state index in [0.29, 0.717) is 30.5 Å². The minimum absolute atomic E-state index is 0.138. The number of piperidine rings is 1. The Morgan fingerprint density at radius 2 is 1.83 bits per heavy atom. The quantitative estimate of drug-likeness (QED) is 0.665. The predicted molar refractivity (Wildman–Crippen MR) is 109 cm³/mol. The maximum Gasteiger partial charge on any atom is 0.244 e. The first kappa shape index (κ1) is 19.3. The molecule has 0 N–H and O–H groups in total. The summed E-state index contributed by atoms with van der Waals surface area (Å²) in [6.07, 6.45) is 3.33. The highest BCUT2D eigenvalue weighted by atomic mass is 16.5. The van der Waals surface area contributed by atoms with Crippen LogP contribution in [0, 0.1) is 0 Å². The largest absolute Gasteiger partial charge is 0.341 e. The molecule has 2 aromatic heterocycles. The van der Waals surface area contributed by atoms with Crippen molar-refractivity contribution in [2.24, 2.45) is 0 Å². The number of aromatic nitrogens is 3. The van der Waals surface area contributed by atoms with E-state index in [9.17, 15) is 4.79 Å². The molecule has 1 atom stereocenters. The molecule has 0 aliphatic carbocycles. The number of nitrogens with zero attached hydrogens (tertiary/aromatic N) is 5. The van der Waals surface area contributed by atoms with Gasteiger partial charge in [-0.1, -0.05) is 41.6 Å². The third kappa shape index (κ3) is 4.19. The summed E-state index contributed by atoms with van der Waals surface area (Å²) in [4.78, 5) is 25.9. The summed E-state index contributed by atoms with van der Waals surface area (Å²) < 4.78 is 5.50. The maximum absolute atomic E-state index is 13.2. The van der Waals surface area contributed by atoms with E-state index in [1.54, 1.807) is 6.20 Å². The van der Waals surface area contributed by atoms with Crippen molar-refractivity contribution in [3.8, 4) is 11.5 Å². The number of likely N-dealkylation sites (N-methyl/N-ethyl adjacent to an activating group) is 1. The monoisotopic (exact) mass is 391 g/mol. The fourth-order valence-corrected chi connectivity index (χ4v) is 3.82. The average molecular weight is 391 g/mol. The Morgan fingerprint density at radius 1 is 1.10 bits per heavy atom. The molecule has 1 fully saturated rings. The summed E-state index contributed by atoms with van der Waals surface area (Å²) >= 11 is 0. The number of rotatable bonds is 5. The lowest BCUT2D eigenvalue weighted by Gasteiger charge is -2.35. The fraction of sp³-hybridized carbons (Fsp3) is 0.364. The first-order chi connectivity index (χ1) is 14.1. The smallest absolute Gasteiger partial charge is 0.244 e. The van der Waals surface area contributed by atoms with Crippen molar-refractivity contribution in [2.45, 2.75) is 24.8 Å². The lowest BCUT2D eigenvalue weighted by Crippen LogP contribution is -2.44. The van der Waals surface area contributed by atoms with Crippen LogP contribution < -0.4 is 0 Å². The zero-order valence-electron chi connectivity index (χ0n) is 16.7. The Hall–Kier alpha value is -3.06. The second-order valence-electron chi connectivity index (χ2n) is 7.55. The van der Waals surface area contributed by atoms with Gasteiger partial charge in [0.1, 0.15) is 11.7 Å². The molecule has 150 valence electrons. The van der Waals surface area contributed by atoms with Crippen molar-refractivity contribution in [1.29, 1.82) is 0 Å². The van der Waals surface area contributed by atoms with E-state index in [4.69, 9.17) is 4.52 Å². The third-order valence-electron chi connectivity index (χ3n) is 5.36. The summed E-state index contributed by atoms with van der Waals surface area (Å²) in [5, 5.41) is 4.07. The Labute approximate surface area is 170 Å². The minimum atomic E-state index is -0.271. The van der Waals surface area contributed by atoms with Crippen LogP contribution in [0.15, 0.2) is 59.3 Å². The van der Waals surface area contributed by atoms with Gasteiger partial charge >= 0.3 is 0 Å². The van der Waals surface area contributed by atoms with Crippen LogP contribution in [0.1, 0.15) is 36.3 Å². The van der Waals surface area contributed by atoms with Crippen LogP contribution >= 0.6 is 0 Å². The molecule has 29 heavy (non-hydrogen) atoms. The first-order valence-electron chi connectivity index (χ1n) is 9.88. The molecule has 1 saturated heterocycles. The maximum atomic E-state index is 13.2. The van der Waals surface area contributed by atoms with Gasteiger partial charge in [0.25, 0.3) is 0 Å². The Kier molecular flexibility index (Phi) is 5.67. The summed E-state index contributed by atoms with van der Waals surface area (Å²) in [6.45, 7) is 1.37.